The van der Waals surface area contributed by atoms with Gasteiger partial charge in [0.25, 0.3) is 5.92 Å². The number of hydrogen-bond acceptors (Lipinski definition) is 3. The van der Waals surface area contributed by atoms with Crippen molar-refractivity contribution in [3.8, 4) is 22.5 Å². The van der Waals surface area contributed by atoms with Crippen LogP contribution in [0.1, 0.15) is 41.6 Å². The molecule has 1 heterocycles. The highest BCUT2D eigenvalue weighted by molar-refractivity contribution is 5.76. The van der Waals surface area contributed by atoms with E-state index in [0.717, 1.165) is 22.3 Å². The van der Waals surface area contributed by atoms with Crippen molar-refractivity contribution in [1.29, 1.82) is 0 Å². The van der Waals surface area contributed by atoms with E-state index >= 15 is 0 Å². The van der Waals surface area contributed by atoms with Crippen LogP contribution in [-0.4, -0.2) is 22.2 Å². The number of carboxylic acids is 1. The maximum atomic E-state index is 14.9. The Labute approximate surface area is 203 Å². The lowest BCUT2D eigenvalue weighted by Gasteiger charge is -2.16. The van der Waals surface area contributed by atoms with Crippen LogP contribution in [-0.2, 0) is 17.6 Å². The third-order valence-corrected chi connectivity index (χ3v) is 6.30. The molecule has 180 valence electrons. The molecule has 0 saturated heterocycles. The highest BCUT2D eigenvalue weighted by Gasteiger charge is 2.32. The van der Waals surface area contributed by atoms with E-state index in [1.165, 1.54) is 0 Å². The molecule has 4 nitrogen and oxygen atoms in total. The van der Waals surface area contributed by atoms with Crippen molar-refractivity contribution in [1.82, 2.24) is 5.16 Å². The van der Waals surface area contributed by atoms with E-state index in [1.54, 1.807) is 26.0 Å². The monoisotopic (exact) mass is 475 g/mol. The number of aromatic nitrogens is 1. The number of carbonyl (C=O) groups is 1. The molecule has 0 aliphatic heterocycles. The highest BCUT2D eigenvalue weighted by atomic mass is 19.3. The fourth-order valence-corrected chi connectivity index (χ4v) is 4.06. The Hall–Kier alpha value is -3.80. The van der Waals surface area contributed by atoms with Gasteiger partial charge in [-0.15, -0.1) is 0 Å². The van der Waals surface area contributed by atoms with Crippen LogP contribution in [0.2, 0.25) is 0 Å². The van der Waals surface area contributed by atoms with Gasteiger partial charge < -0.3 is 9.63 Å². The Morgan fingerprint density at radius 1 is 0.943 bits per heavy atom. The highest BCUT2D eigenvalue weighted by Crippen LogP contribution is 2.34. The maximum Gasteiger partial charge on any atom is 0.310 e. The van der Waals surface area contributed by atoms with Crippen molar-refractivity contribution in [2.24, 2.45) is 0 Å². The standard InChI is InChI=1S/C29H27F2NO3/c1-19(28(33)34)22-8-10-23(11-9-22)24-12-14-25(15-13-24)27-26(20(2)32-35-27)18-29(30,31)17-16-21-6-4-3-5-7-21/h3-15,19H,16-18H2,1-2H3,(H,33,34). The normalized spacial score (nSPS) is 12.5. The van der Waals surface area contributed by atoms with Gasteiger partial charge in [0.1, 0.15) is 0 Å². The number of alkyl halides is 2. The zero-order valence-corrected chi connectivity index (χ0v) is 19.7. The minimum Gasteiger partial charge on any atom is -0.481 e. The molecule has 0 saturated carbocycles. The van der Waals surface area contributed by atoms with Gasteiger partial charge >= 0.3 is 5.97 Å². The summed E-state index contributed by atoms with van der Waals surface area (Å²) < 4.78 is 35.2. The number of halogens is 2. The molecule has 3 aromatic carbocycles. The second-order valence-electron chi connectivity index (χ2n) is 8.85. The molecule has 0 amide bonds. The molecule has 1 N–H and O–H groups in total. The second-order valence-corrected chi connectivity index (χ2v) is 8.85. The SMILES string of the molecule is Cc1noc(-c2ccc(-c3ccc(C(C)C(=O)O)cc3)cc2)c1CC(F)(F)CCc1ccccc1. The zero-order chi connectivity index (χ0) is 25.0. The summed E-state index contributed by atoms with van der Waals surface area (Å²) in [5.74, 6) is -3.98. The predicted octanol–water partition coefficient (Wildman–Crippen LogP) is 7.32. The average Bonchev–Trinajstić information content (AvgIpc) is 3.22. The maximum absolute atomic E-state index is 14.9. The molecule has 1 unspecified atom stereocenters. The Balaban J connectivity index is 1.50. The summed E-state index contributed by atoms with van der Waals surface area (Å²) in [4.78, 5) is 11.2. The molecule has 4 aromatic rings. The van der Waals surface area contributed by atoms with E-state index in [4.69, 9.17) is 4.52 Å². The number of aliphatic carboxylic acids is 1. The smallest absolute Gasteiger partial charge is 0.310 e. The number of carboxylic acid groups (broad SMARTS) is 1. The molecule has 0 bridgehead atoms. The van der Waals surface area contributed by atoms with Gasteiger partial charge in [0.05, 0.1) is 11.6 Å². The summed E-state index contributed by atoms with van der Waals surface area (Å²) in [5.41, 5.74) is 5.03. The van der Waals surface area contributed by atoms with E-state index in [9.17, 15) is 18.7 Å². The summed E-state index contributed by atoms with van der Waals surface area (Å²) in [5, 5.41) is 13.1. The fourth-order valence-electron chi connectivity index (χ4n) is 4.06. The van der Waals surface area contributed by atoms with Crippen molar-refractivity contribution in [2.45, 2.75) is 45.0 Å². The largest absolute Gasteiger partial charge is 0.481 e. The van der Waals surface area contributed by atoms with Crippen molar-refractivity contribution < 1.29 is 23.2 Å². The quantitative estimate of drug-likeness (QED) is 0.276. The summed E-state index contributed by atoms with van der Waals surface area (Å²) >= 11 is 0. The van der Waals surface area contributed by atoms with Crippen molar-refractivity contribution >= 4 is 5.97 Å². The molecular weight excluding hydrogens is 448 g/mol. The third-order valence-electron chi connectivity index (χ3n) is 6.30. The first-order valence-electron chi connectivity index (χ1n) is 11.5. The number of hydrogen-bond donors (Lipinski definition) is 1. The molecule has 1 atom stereocenters. The van der Waals surface area contributed by atoms with Gasteiger partial charge in [-0.1, -0.05) is 84.0 Å². The van der Waals surface area contributed by atoms with Gasteiger partial charge in [0, 0.05) is 24.0 Å². The Morgan fingerprint density at radius 2 is 1.51 bits per heavy atom. The molecule has 0 fully saturated rings. The summed E-state index contributed by atoms with van der Waals surface area (Å²) in [6, 6.07) is 24.1. The van der Waals surface area contributed by atoms with Gasteiger partial charge in [0.2, 0.25) is 0 Å². The molecule has 6 heteroatoms. The molecule has 0 spiro atoms. The van der Waals surface area contributed by atoms with Crippen LogP contribution in [0.4, 0.5) is 8.78 Å². The van der Waals surface area contributed by atoms with Gasteiger partial charge in [-0.3, -0.25) is 4.79 Å². The second kappa shape index (κ2) is 10.2. The van der Waals surface area contributed by atoms with Crippen LogP contribution in [0.25, 0.3) is 22.5 Å². The lowest BCUT2D eigenvalue weighted by molar-refractivity contribution is -0.138. The Bertz CT molecular complexity index is 1280. The fraction of sp³-hybridized carbons (Fsp3) is 0.241. The van der Waals surface area contributed by atoms with Gasteiger partial charge in [-0.2, -0.15) is 0 Å². The summed E-state index contributed by atoms with van der Waals surface area (Å²) in [6.07, 6.45) is -0.391. The first kappa shape index (κ1) is 24.3. The predicted molar refractivity (Wildman–Crippen MR) is 132 cm³/mol. The van der Waals surface area contributed by atoms with Crippen LogP contribution in [0.3, 0.4) is 0 Å². The van der Waals surface area contributed by atoms with Crippen molar-refractivity contribution in [2.75, 3.05) is 0 Å². The van der Waals surface area contributed by atoms with Gasteiger partial charge in [-0.25, -0.2) is 8.78 Å². The summed E-state index contributed by atoms with van der Waals surface area (Å²) in [7, 11) is 0. The van der Waals surface area contributed by atoms with E-state index in [2.05, 4.69) is 5.16 Å². The molecule has 0 radical (unpaired) electrons. The van der Waals surface area contributed by atoms with Crippen LogP contribution in [0.15, 0.2) is 83.4 Å². The summed E-state index contributed by atoms with van der Waals surface area (Å²) in [6.45, 7) is 3.33. The molecular formula is C29H27F2NO3. The van der Waals surface area contributed by atoms with Crippen molar-refractivity contribution in [3.05, 3.63) is 101 Å². The van der Waals surface area contributed by atoms with Crippen LogP contribution >= 0.6 is 0 Å². The van der Waals surface area contributed by atoms with Crippen molar-refractivity contribution in [3.63, 3.8) is 0 Å². The van der Waals surface area contributed by atoms with E-state index in [-0.39, 0.29) is 6.42 Å². The molecule has 4 rings (SSSR count). The third kappa shape index (κ3) is 5.83. The lowest BCUT2D eigenvalue weighted by Crippen LogP contribution is -2.21. The molecule has 35 heavy (non-hydrogen) atoms. The first-order chi connectivity index (χ1) is 16.7. The number of benzene rings is 3. The van der Waals surface area contributed by atoms with E-state index < -0.39 is 24.2 Å². The molecule has 1 aromatic heterocycles. The zero-order valence-electron chi connectivity index (χ0n) is 19.7. The van der Waals surface area contributed by atoms with Gasteiger partial charge in [-0.05, 0) is 42.5 Å². The van der Waals surface area contributed by atoms with E-state index in [1.807, 2.05) is 66.7 Å². The molecule has 0 aliphatic rings. The number of aryl methyl sites for hydroxylation is 2. The van der Waals surface area contributed by atoms with Crippen LogP contribution < -0.4 is 0 Å². The van der Waals surface area contributed by atoms with Gasteiger partial charge in [0.15, 0.2) is 5.76 Å². The minimum atomic E-state index is -2.89. The lowest BCUT2D eigenvalue weighted by atomic mass is 9.95. The Morgan fingerprint density at radius 3 is 2.11 bits per heavy atom. The minimum absolute atomic E-state index is 0.253. The van der Waals surface area contributed by atoms with Crippen LogP contribution in [0.5, 0.6) is 0 Å². The number of rotatable bonds is 9. The molecule has 0 aliphatic carbocycles. The Kier molecular flexibility index (Phi) is 7.10. The average molecular weight is 476 g/mol. The van der Waals surface area contributed by atoms with Crippen LogP contribution in [0, 0.1) is 6.92 Å². The first-order valence-corrected chi connectivity index (χ1v) is 11.5. The topological polar surface area (TPSA) is 63.3 Å². The number of nitrogens with zero attached hydrogens (tertiary/aromatic N) is 1. The van der Waals surface area contributed by atoms with E-state index in [0.29, 0.717) is 29.0 Å².